The number of hydrogen-bond donors (Lipinski definition) is 2. The number of hydrogen-bond acceptors (Lipinski definition) is 6. The van der Waals surface area contributed by atoms with Crippen LogP contribution in [0.15, 0.2) is 23.0 Å². The van der Waals surface area contributed by atoms with E-state index in [-0.39, 0.29) is 41.0 Å². The van der Waals surface area contributed by atoms with Crippen molar-refractivity contribution < 1.29 is 13.9 Å². The van der Waals surface area contributed by atoms with Crippen LogP contribution in [0.2, 0.25) is 0 Å². The van der Waals surface area contributed by atoms with E-state index in [9.17, 15) is 18.7 Å². The van der Waals surface area contributed by atoms with Crippen molar-refractivity contribution >= 4 is 11.4 Å². The minimum absolute atomic E-state index is 0.0417. The van der Waals surface area contributed by atoms with Crippen LogP contribution < -0.4 is 10.9 Å². The van der Waals surface area contributed by atoms with Gasteiger partial charge < -0.3 is 15.3 Å². The summed E-state index contributed by atoms with van der Waals surface area (Å²) in [5, 5.41) is 22.2. The average Bonchev–Trinajstić information content (AvgIpc) is 3.18. The largest absolute Gasteiger partial charge is 0.507 e. The van der Waals surface area contributed by atoms with Gasteiger partial charge in [0, 0.05) is 30.8 Å². The van der Waals surface area contributed by atoms with Crippen LogP contribution in [0.1, 0.15) is 37.3 Å². The lowest BCUT2D eigenvalue weighted by molar-refractivity contribution is 0.226. The van der Waals surface area contributed by atoms with Gasteiger partial charge in [-0.2, -0.15) is 8.78 Å². The Hall–Kier alpha value is -2.81. The van der Waals surface area contributed by atoms with Crippen molar-refractivity contribution in [2.45, 2.75) is 38.6 Å². The predicted molar refractivity (Wildman–Crippen MR) is 111 cm³/mol. The molecule has 4 rings (SSSR count). The molecule has 2 aromatic rings. The van der Waals surface area contributed by atoms with E-state index < -0.39 is 6.08 Å². The molecule has 1 aromatic carbocycles. The van der Waals surface area contributed by atoms with Crippen molar-refractivity contribution in [1.82, 2.24) is 19.7 Å². The molecule has 1 saturated heterocycles. The molecule has 2 N–H and O–H groups in total. The minimum atomic E-state index is -1.73. The Labute approximate surface area is 173 Å². The van der Waals surface area contributed by atoms with Gasteiger partial charge in [-0.3, -0.25) is 9.36 Å². The molecule has 0 spiro atoms. The number of aromatic hydroxyl groups is 1. The molecule has 0 amide bonds. The fraction of sp³-hybridized carbons (Fsp3) is 0.476. The molecule has 2 aliphatic rings. The second-order valence-corrected chi connectivity index (χ2v) is 7.84. The summed E-state index contributed by atoms with van der Waals surface area (Å²) >= 11 is 0. The maximum absolute atomic E-state index is 13.1. The van der Waals surface area contributed by atoms with Gasteiger partial charge >= 0.3 is 0 Å². The highest BCUT2D eigenvalue weighted by Gasteiger charge is 2.27. The lowest BCUT2D eigenvalue weighted by Crippen LogP contribution is -2.43. The van der Waals surface area contributed by atoms with Gasteiger partial charge in [0.25, 0.3) is 11.6 Å². The van der Waals surface area contributed by atoms with Crippen LogP contribution in [0.4, 0.5) is 14.6 Å². The maximum atomic E-state index is 13.1. The zero-order valence-electron chi connectivity index (χ0n) is 17.1. The van der Waals surface area contributed by atoms with Gasteiger partial charge in [-0.25, -0.2) is 0 Å². The first-order valence-electron chi connectivity index (χ1n) is 10.2. The van der Waals surface area contributed by atoms with E-state index in [1.807, 2.05) is 0 Å². The Kier molecular flexibility index (Phi) is 5.55. The number of aromatic nitrogens is 3. The third-order valence-corrected chi connectivity index (χ3v) is 6.07. The van der Waals surface area contributed by atoms with Gasteiger partial charge in [0.1, 0.15) is 5.75 Å². The molecule has 160 valence electrons. The monoisotopic (exact) mass is 417 g/mol. The molecule has 1 aliphatic carbocycles. The lowest BCUT2D eigenvalue weighted by atomic mass is 10.0. The van der Waals surface area contributed by atoms with Gasteiger partial charge in [-0.05, 0) is 50.4 Å². The van der Waals surface area contributed by atoms with Gasteiger partial charge in [-0.1, -0.05) is 13.0 Å². The highest BCUT2D eigenvalue weighted by molar-refractivity contribution is 5.80. The first-order valence-corrected chi connectivity index (χ1v) is 10.2. The lowest BCUT2D eigenvalue weighted by Gasteiger charge is -2.32. The highest BCUT2D eigenvalue weighted by atomic mass is 19.3. The van der Waals surface area contributed by atoms with Crippen LogP contribution in [-0.2, 0) is 13.5 Å². The second kappa shape index (κ2) is 8.14. The number of piperidine rings is 1. The molecule has 0 radical (unpaired) electrons. The highest BCUT2D eigenvalue weighted by Crippen LogP contribution is 2.43. The van der Waals surface area contributed by atoms with Crippen LogP contribution in [0.5, 0.6) is 5.75 Å². The zero-order chi connectivity index (χ0) is 21.4. The van der Waals surface area contributed by atoms with Crippen molar-refractivity contribution in [2.75, 3.05) is 25.0 Å². The molecule has 30 heavy (non-hydrogen) atoms. The van der Waals surface area contributed by atoms with Crippen molar-refractivity contribution in [3.8, 4) is 17.1 Å². The third-order valence-electron chi connectivity index (χ3n) is 6.07. The Morgan fingerprint density at radius 2 is 2.03 bits per heavy atom. The molecule has 1 atom stereocenters. The summed E-state index contributed by atoms with van der Waals surface area (Å²) in [6.07, 6.45) is 0.774. The molecule has 7 nitrogen and oxygen atoms in total. The average molecular weight is 417 g/mol. The summed E-state index contributed by atoms with van der Waals surface area (Å²) in [5.74, 6) is 0.247. The molecule has 0 bridgehead atoms. The normalized spacial score (nSPS) is 19.1. The van der Waals surface area contributed by atoms with Gasteiger partial charge in [0.15, 0.2) is 5.82 Å². The minimum Gasteiger partial charge on any atom is -0.507 e. The van der Waals surface area contributed by atoms with Crippen LogP contribution >= 0.6 is 0 Å². The molecular weight excluding hydrogens is 392 g/mol. The number of likely N-dealkylation sites (N-methyl/N-ethyl adjacent to an activating group) is 1. The smallest absolute Gasteiger partial charge is 0.296 e. The summed E-state index contributed by atoms with van der Waals surface area (Å²) < 4.78 is 27.5. The van der Waals surface area contributed by atoms with Crippen LogP contribution in [0.3, 0.4) is 0 Å². The van der Waals surface area contributed by atoms with E-state index >= 15 is 0 Å². The number of phenolic OH excluding ortho intramolecular Hbond substituents is 1. The Morgan fingerprint density at radius 3 is 2.77 bits per heavy atom. The van der Waals surface area contributed by atoms with Gasteiger partial charge in [0.2, 0.25) is 5.82 Å². The first kappa shape index (κ1) is 20.5. The van der Waals surface area contributed by atoms with E-state index in [2.05, 4.69) is 27.3 Å². The van der Waals surface area contributed by atoms with E-state index in [0.29, 0.717) is 23.1 Å². The number of anilines is 1. The molecule has 1 aliphatic heterocycles. The Bertz CT molecular complexity index is 1060. The maximum Gasteiger partial charge on any atom is 0.296 e. The molecular formula is C21H25F2N5O2. The summed E-state index contributed by atoms with van der Waals surface area (Å²) in [6.45, 7) is 4.97. The van der Waals surface area contributed by atoms with Crippen molar-refractivity contribution in [2.24, 2.45) is 7.05 Å². The standard InChI is InChI=1S/C21H25F2N5O2/c1-3-28-10-4-5-12(11-28)24-19-21(30)27(2)20(26-25-19)16-9-6-13-14(17(16)29)7-8-15(13)18(22)23/h6,9,12,29H,3-5,7-8,10-11H2,1-2H3,(H,24,25)/t12-/m1/s1. The number of rotatable bonds is 4. The van der Waals surface area contributed by atoms with E-state index in [1.54, 1.807) is 13.1 Å². The fourth-order valence-electron chi connectivity index (χ4n) is 4.37. The molecule has 1 fully saturated rings. The van der Waals surface area contributed by atoms with E-state index in [0.717, 1.165) is 32.5 Å². The molecule has 2 heterocycles. The number of nitrogens with one attached hydrogen (secondary N) is 1. The summed E-state index contributed by atoms with van der Waals surface area (Å²) in [7, 11) is 1.57. The number of nitrogens with zero attached hydrogens (tertiary/aromatic N) is 4. The Balaban J connectivity index is 1.65. The molecule has 1 aromatic heterocycles. The van der Waals surface area contributed by atoms with Gasteiger partial charge in [0.05, 0.1) is 5.56 Å². The number of allylic oxidation sites excluding steroid dienone is 1. The Morgan fingerprint density at radius 1 is 1.27 bits per heavy atom. The van der Waals surface area contributed by atoms with Crippen LogP contribution in [-0.4, -0.2) is 50.4 Å². The zero-order valence-corrected chi connectivity index (χ0v) is 17.1. The predicted octanol–water partition coefficient (Wildman–Crippen LogP) is 3.00. The summed E-state index contributed by atoms with van der Waals surface area (Å²) in [6, 6.07) is 3.19. The SMILES string of the molecule is CCN1CCC[C@@H](Nc2nnc(-c3ccc4c(c3O)CCC4=C(F)F)n(C)c2=O)C1. The number of halogens is 2. The van der Waals surface area contributed by atoms with Crippen molar-refractivity contribution in [3.05, 3.63) is 39.7 Å². The molecule has 0 unspecified atom stereocenters. The van der Waals surface area contributed by atoms with Crippen molar-refractivity contribution in [3.63, 3.8) is 0 Å². The quantitative estimate of drug-likeness (QED) is 0.796. The number of benzene rings is 1. The topological polar surface area (TPSA) is 83.3 Å². The van der Waals surface area contributed by atoms with E-state index in [1.165, 1.54) is 10.6 Å². The molecule has 9 heteroatoms. The third kappa shape index (κ3) is 3.58. The number of likely N-dealkylation sites (tertiary alicyclic amines) is 1. The fourth-order valence-corrected chi connectivity index (χ4v) is 4.37. The van der Waals surface area contributed by atoms with Crippen LogP contribution in [0.25, 0.3) is 17.0 Å². The van der Waals surface area contributed by atoms with Crippen molar-refractivity contribution in [1.29, 1.82) is 0 Å². The van der Waals surface area contributed by atoms with Crippen LogP contribution in [0, 0.1) is 0 Å². The van der Waals surface area contributed by atoms with E-state index in [4.69, 9.17) is 0 Å². The number of phenols is 1. The summed E-state index contributed by atoms with van der Waals surface area (Å²) in [4.78, 5) is 15.2. The second-order valence-electron chi connectivity index (χ2n) is 7.84. The molecule has 0 saturated carbocycles. The summed E-state index contributed by atoms with van der Waals surface area (Å²) in [5.41, 5.74) is 0.727. The van der Waals surface area contributed by atoms with Gasteiger partial charge in [-0.15, -0.1) is 10.2 Å². The number of fused-ring (bicyclic) bond motifs is 1. The first-order chi connectivity index (χ1) is 14.4.